The van der Waals surface area contributed by atoms with Gasteiger partial charge in [0.05, 0.1) is 4.90 Å². The van der Waals surface area contributed by atoms with E-state index in [2.05, 4.69) is 20.9 Å². The summed E-state index contributed by atoms with van der Waals surface area (Å²) in [5.41, 5.74) is 6.81. The summed E-state index contributed by atoms with van der Waals surface area (Å²) < 4.78 is 27.3. The molecule has 1 aliphatic heterocycles. The normalized spacial score (nSPS) is 29.2. The first kappa shape index (κ1) is 17.0. The highest BCUT2D eigenvalue weighted by molar-refractivity contribution is 7.89. The van der Waals surface area contributed by atoms with Gasteiger partial charge < -0.3 is 5.32 Å². The third-order valence-corrected chi connectivity index (χ3v) is 6.80. The van der Waals surface area contributed by atoms with Crippen LogP contribution in [0.5, 0.6) is 0 Å². The fourth-order valence-electron chi connectivity index (χ4n) is 3.75. The van der Waals surface area contributed by atoms with E-state index in [9.17, 15) is 13.2 Å². The summed E-state index contributed by atoms with van der Waals surface area (Å²) in [4.78, 5) is 12.8. The number of rotatable bonds is 5. The van der Waals surface area contributed by atoms with E-state index < -0.39 is 10.0 Å². The molecule has 0 aromatic heterocycles. The van der Waals surface area contributed by atoms with Crippen LogP contribution >= 0.6 is 0 Å². The van der Waals surface area contributed by atoms with Crippen molar-refractivity contribution in [2.75, 3.05) is 6.54 Å². The molecule has 2 aliphatic carbocycles. The average Bonchev–Trinajstić information content (AvgIpc) is 3.26. The predicted octanol–water partition coefficient (Wildman–Crippen LogP) is 0.502. The number of hydrogen-bond donors (Lipinski definition) is 4. The molecule has 3 unspecified atom stereocenters. The van der Waals surface area contributed by atoms with E-state index in [0.29, 0.717) is 11.5 Å². The molecular formula is C17H24N4O3S. The summed E-state index contributed by atoms with van der Waals surface area (Å²) in [5.74, 6) is 0.316. The van der Waals surface area contributed by atoms with Crippen molar-refractivity contribution < 1.29 is 13.2 Å². The Kier molecular flexibility index (Phi) is 4.53. The van der Waals surface area contributed by atoms with Crippen LogP contribution in [0.1, 0.15) is 42.5 Å². The van der Waals surface area contributed by atoms with Crippen LogP contribution in [0.4, 0.5) is 0 Å². The van der Waals surface area contributed by atoms with Crippen molar-refractivity contribution in [2.24, 2.45) is 5.92 Å². The van der Waals surface area contributed by atoms with Gasteiger partial charge in [-0.2, -0.15) is 0 Å². The van der Waals surface area contributed by atoms with E-state index in [0.717, 1.165) is 38.6 Å². The number of hydrazine groups is 1. The van der Waals surface area contributed by atoms with E-state index in [1.165, 1.54) is 12.1 Å². The minimum absolute atomic E-state index is 0.0441. The molecule has 3 fully saturated rings. The quantitative estimate of drug-likeness (QED) is 0.610. The van der Waals surface area contributed by atoms with Gasteiger partial charge in [0.15, 0.2) is 0 Å². The van der Waals surface area contributed by atoms with E-state index in [-0.39, 0.29) is 28.9 Å². The maximum atomic E-state index is 12.6. The number of hydrogen-bond acceptors (Lipinski definition) is 5. The molecule has 3 atom stereocenters. The average molecular weight is 364 g/mol. The predicted molar refractivity (Wildman–Crippen MR) is 93.3 cm³/mol. The molecule has 1 heterocycles. The first-order chi connectivity index (χ1) is 12.0. The zero-order valence-electron chi connectivity index (χ0n) is 14.0. The molecule has 2 saturated carbocycles. The van der Waals surface area contributed by atoms with Gasteiger partial charge in [-0.15, -0.1) is 0 Å². The van der Waals surface area contributed by atoms with Crippen LogP contribution in [0, 0.1) is 5.92 Å². The number of carbonyl (C=O) groups is 1. The standard InChI is InChI=1S/C17H24N4O3S/c22-17(19-15-6-2-4-12-10-18-20-16(12)15)11-3-1-5-14(9-11)25(23,24)21-13-7-8-13/h1,3,5,9,12-13,15-16,18,20-21H,2,4,6-8,10H2,(H,19,22). The first-order valence-electron chi connectivity index (χ1n) is 8.94. The summed E-state index contributed by atoms with van der Waals surface area (Å²) in [6.45, 7) is 0.928. The number of benzene rings is 1. The number of nitrogens with one attached hydrogen (secondary N) is 4. The van der Waals surface area contributed by atoms with Crippen molar-refractivity contribution in [1.29, 1.82) is 0 Å². The minimum atomic E-state index is -3.55. The van der Waals surface area contributed by atoms with Gasteiger partial charge in [0.1, 0.15) is 0 Å². The first-order valence-corrected chi connectivity index (χ1v) is 10.4. The van der Waals surface area contributed by atoms with Crippen molar-refractivity contribution >= 4 is 15.9 Å². The highest BCUT2D eigenvalue weighted by Gasteiger charge is 2.37. The fourth-order valence-corrected chi connectivity index (χ4v) is 5.10. The zero-order chi connectivity index (χ0) is 17.4. The van der Waals surface area contributed by atoms with Crippen LogP contribution in [0.15, 0.2) is 29.2 Å². The Morgan fingerprint density at radius 3 is 2.80 bits per heavy atom. The van der Waals surface area contributed by atoms with Crippen LogP contribution in [-0.4, -0.2) is 39.0 Å². The van der Waals surface area contributed by atoms with Gasteiger partial charge in [-0.3, -0.25) is 15.6 Å². The molecule has 3 aliphatic rings. The van der Waals surface area contributed by atoms with Crippen molar-refractivity contribution in [1.82, 2.24) is 20.9 Å². The summed E-state index contributed by atoms with van der Waals surface area (Å²) >= 11 is 0. The van der Waals surface area contributed by atoms with Crippen molar-refractivity contribution in [3.8, 4) is 0 Å². The molecule has 0 bridgehead atoms. The number of fused-ring (bicyclic) bond motifs is 1. The van der Waals surface area contributed by atoms with Gasteiger partial charge in [-0.25, -0.2) is 13.1 Å². The summed E-state index contributed by atoms with van der Waals surface area (Å²) in [7, 11) is -3.55. The molecule has 8 heteroatoms. The maximum absolute atomic E-state index is 12.6. The minimum Gasteiger partial charge on any atom is -0.348 e. The lowest BCUT2D eigenvalue weighted by Crippen LogP contribution is -2.53. The lowest BCUT2D eigenvalue weighted by Gasteiger charge is -2.33. The van der Waals surface area contributed by atoms with E-state index in [1.807, 2.05) is 0 Å². The second-order valence-corrected chi connectivity index (χ2v) is 8.96. The number of sulfonamides is 1. The molecule has 136 valence electrons. The molecule has 4 rings (SSSR count). The Morgan fingerprint density at radius 2 is 2.00 bits per heavy atom. The van der Waals surface area contributed by atoms with E-state index in [4.69, 9.17) is 0 Å². The molecule has 1 aromatic rings. The highest BCUT2D eigenvalue weighted by Crippen LogP contribution is 2.27. The third kappa shape index (κ3) is 3.72. The summed E-state index contributed by atoms with van der Waals surface area (Å²) in [6.07, 6.45) is 4.95. The van der Waals surface area contributed by atoms with Gasteiger partial charge in [-0.05, 0) is 49.8 Å². The molecule has 7 nitrogen and oxygen atoms in total. The van der Waals surface area contributed by atoms with E-state index >= 15 is 0 Å². The van der Waals surface area contributed by atoms with E-state index in [1.54, 1.807) is 12.1 Å². The van der Waals surface area contributed by atoms with Crippen LogP contribution in [0.25, 0.3) is 0 Å². The molecule has 4 N–H and O–H groups in total. The largest absolute Gasteiger partial charge is 0.348 e. The SMILES string of the molecule is O=C(NC1CCCC2CNNC21)c1cccc(S(=O)(=O)NC2CC2)c1. The smallest absolute Gasteiger partial charge is 0.251 e. The topological polar surface area (TPSA) is 99.3 Å². The summed E-state index contributed by atoms with van der Waals surface area (Å²) in [5, 5.41) is 3.08. The van der Waals surface area contributed by atoms with Crippen molar-refractivity contribution in [3.63, 3.8) is 0 Å². The molecule has 25 heavy (non-hydrogen) atoms. The lowest BCUT2D eigenvalue weighted by molar-refractivity contribution is 0.0909. The molecule has 1 saturated heterocycles. The van der Waals surface area contributed by atoms with Crippen molar-refractivity contribution in [2.45, 2.75) is 55.1 Å². The molecule has 1 aromatic carbocycles. The molecule has 0 spiro atoms. The molecular weight excluding hydrogens is 340 g/mol. The van der Waals surface area contributed by atoms with Gasteiger partial charge in [-0.1, -0.05) is 12.5 Å². The Hall–Kier alpha value is -1.48. The third-order valence-electron chi connectivity index (χ3n) is 5.29. The molecule has 1 amide bonds. The Morgan fingerprint density at radius 1 is 1.16 bits per heavy atom. The Balaban J connectivity index is 1.47. The van der Waals surface area contributed by atoms with Gasteiger partial charge >= 0.3 is 0 Å². The second kappa shape index (κ2) is 6.68. The number of carbonyl (C=O) groups excluding carboxylic acids is 1. The lowest BCUT2D eigenvalue weighted by atomic mass is 9.82. The maximum Gasteiger partial charge on any atom is 0.251 e. The summed E-state index contributed by atoms with van der Waals surface area (Å²) in [6, 6.07) is 6.61. The second-order valence-electron chi connectivity index (χ2n) is 7.25. The molecule has 0 radical (unpaired) electrons. The highest BCUT2D eigenvalue weighted by atomic mass is 32.2. The van der Waals surface area contributed by atoms with Crippen molar-refractivity contribution in [3.05, 3.63) is 29.8 Å². The van der Waals surface area contributed by atoms with Crippen LogP contribution < -0.4 is 20.9 Å². The Bertz CT molecular complexity index is 763. The van der Waals surface area contributed by atoms with Gasteiger partial charge in [0, 0.05) is 30.2 Å². The van der Waals surface area contributed by atoms with Crippen LogP contribution in [0.3, 0.4) is 0 Å². The Labute approximate surface area is 148 Å². The van der Waals surface area contributed by atoms with Gasteiger partial charge in [0.2, 0.25) is 10.0 Å². The van der Waals surface area contributed by atoms with Crippen LogP contribution in [0.2, 0.25) is 0 Å². The monoisotopic (exact) mass is 364 g/mol. The van der Waals surface area contributed by atoms with Gasteiger partial charge in [0.25, 0.3) is 5.91 Å². The fraction of sp³-hybridized carbons (Fsp3) is 0.588. The number of amides is 1. The van der Waals surface area contributed by atoms with Crippen LogP contribution in [-0.2, 0) is 10.0 Å². The zero-order valence-corrected chi connectivity index (χ0v) is 14.8.